The Bertz CT molecular complexity index is 731. The van der Waals surface area contributed by atoms with Crippen molar-refractivity contribution in [3.63, 3.8) is 0 Å². The number of ether oxygens (including phenoxy) is 2. The van der Waals surface area contributed by atoms with Crippen molar-refractivity contribution in [2.75, 3.05) is 13.7 Å². The maximum Gasteiger partial charge on any atom is 0.251 e. The van der Waals surface area contributed by atoms with Gasteiger partial charge >= 0.3 is 0 Å². The molecular weight excluding hydrogens is 304 g/mol. The third kappa shape index (κ3) is 3.26. The van der Waals surface area contributed by atoms with Crippen LogP contribution in [0.5, 0.6) is 11.5 Å². The molecule has 2 aromatic carbocycles. The van der Waals surface area contributed by atoms with Gasteiger partial charge in [-0.25, -0.2) is 8.78 Å². The van der Waals surface area contributed by atoms with Crippen LogP contribution in [0.4, 0.5) is 8.78 Å². The molecule has 1 unspecified atom stereocenters. The fourth-order valence-corrected chi connectivity index (χ4v) is 2.52. The number of methoxy groups -OCH3 is 1. The molecule has 1 amide bonds. The van der Waals surface area contributed by atoms with Gasteiger partial charge in [0.05, 0.1) is 13.7 Å². The van der Waals surface area contributed by atoms with E-state index in [0.717, 1.165) is 6.07 Å². The Morgan fingerprint density at radius 1 is 1.30 bits per heavy atom. The Morgan fingerprint density at radius 2 is 2.04 bits per heavy atom. The molecule has 0 aromatic heterocycles. The molecule has 1 aliphatic heterocycles. The third-order valence-electron chi connectivity index (χ3n) is 3.66. The summed E-state index contributed by atoms with van der Waals surface area (Å²) in [7, 11) is 1.55. The van der Waals surface area contributed by atoms with Crippen LogP contribution in [0.3, 0.4) is 0 Å². The van der Waals surface area contributed by atoms with E-state index in [-0.39, 0.29) is 18.2 Å². The van der Waals surface area contributed by atoms with Gasteiger partial charge < -0.3 is 14.8 Å². The maximum absolute atomic E-state index is 13.6. The highest BCUT2D eigenvalue weighted by Gasteiger charge is 2.27. The molecule has 0 bridgehead atoms. The Balaban J connectivity index is 1.59. The van der Waals surface area contributed by atoms with Gasteiger partial charge in [0.25, 0.3) is 5.91 Å². The first-order chi connectivity index (χ1) is 11.1. The minimum atomic E-state index is -0.719. The van der Waals surface area contributed by atoms with Crippen molar-refractivity contribution in [2.45, 2.75) is 12.5 Å². The van der Waals surface area contributed by atoms with E-state index in [1.165, 1.54) is 6.07 Å². The molecule has 4 nitrogen and oxygen atoms in total. The van der Waals surface area contributed by atoms with Gasteiger partial charge in [0, 0.05) is 23.6 Å². The minimum Gasteiger partial charge on any atom is -0.497 e. The summed E-state index contributed by atoms with van der Waals surface area (Å²) in [4.78, 5) is 12.1. The molecule has 0 saturated heterocycles. The zero-order valence-corrected chi connectivity index (χ0v) is 12.4. The fourth-order valence-electron chi connectivity index (χ4n) is 2.52. The predicted molar refractivity (Wildman–Crippen MR) is 79.8 cm³/mol. The first-order valence-electron chi connectivity index (χ1n) is 7.13. The molecule has 23 heavy (non-hydrogen) atoms. The summed E-state index contributed by atoms with van der Waals surface area (Å²) in [6.07, 6.45) is -0.0594. The molecule has 1 heterocycles. The van der Waals surface area contributed by atoms with E-state index < -0.39 is 17.7 Å². The average molecular weight is 319 g/mol. The lowest BCUT2D eigenvalue weighted by atomic mass is 10.1. The number of amides is 1. The Labute approximate surface area is 132 Å². The number of carbonyl (C=O) groups is 1. The summed E-state index contributed by atoms with van der Waals surface area (Å²) < 4.78 is 37.2. The molecule has 1 aliphatic rings. The van der Waals surface area contributed by atoms with Gasteiger partial charge in [-0.05, 0) is 30.3 Å². The highest BCUT2D eigenvalue weighted by Crippen LogP contribution is 2.32. The highest BCUT2D eigenvalue weighted by molar-refractivity contribution is 5.94. The smallest absolute Gasteiger partial charge is 0.251 e. The SMILES string of the molecule is COc1ccc(C(=O)NCC2Cc3cc(F)cc(F)c3O2)cc1. The van der Waals surface area contributed by atoms with Crippen LogP contribution < -0.4 is 14.8 Å². The molecule has 6 heteroatoms. The van der Waals surface area contributed by atoms with Crippen molar-refractivity contribution in [1.82, 2.24) is 5.32 Å². The second-order valence-corrected chi connectivity index (χ2v) is 5.26. The average Bonchev–Trinajstić information content (AvgIpc) is 2.96. The molecule has 0 fully saturated rings. The van der Waals surface area contributed by atoms with E-state index in [4.69, 9.17) is 9.47 Å². The van der Waals surface area contributed by atoms with E-state index >= 15 is 0 Å². The highest BCUT2D eigenvalue weighted by atomic mass is 19.1. The lowest BCUT2D eigenvalue weighted by Crippen LogP contribution is -2.34. The monoisotopic (exact) mass is 319 g/mol. The number of benzene rings is 2. The van der Waals surface area contributed by atoms with E-state index in [9.17, 15) is 13.6 Å². The zero-order valence-electron chi connectivity index (χ0n) is 12.4. The van der Waals surface area contributed by atoms with Crippen molar-refractivity contribution in [3.8, 4) is 11.5 Å². The van der Waals surface area contributed by atoms with Gasteiger partial charge in [0.2, 0.25) is 0 Å². The summed E-state index contributed by atoms with van der Waals surface area (Å²) >= 11 is 0. The molecule has 0 spiro atoms. The van der Waals surface area contributed by atoms with E-state index in [1.54, 1.807) is 31.4 Å². The summed E-state index contributed by atoms with van der Waals surface area (Å²) in [6.45, 7) is 0.209. The van der Waals surface area contributed by atoms with Crippen molar-refractivity contribution < 1.29 is 23.0 Å². The summed E-state index contributed by atoms with van der Waals surface area (Å²) in [5.41, 5.74) is 0.963. The van der Waals surface area contributed by atoms with Gasteiger partial charge in [0.15, 0.2) is 11.6 Å². The molecule has 0 radical (unpaired) electrons. The number of nitrogens with one attached hydrogen (secondary N) is 1. The molecule has 3 rings (SSSR count). The van der Waals surface area contributed by atoms with E-state index in [1.807, 2.05) is 0 Å². The molecular formula is C17H15F2NO3. The quantitative estimate of drug-likeness (QED) is 0.942. The Kier molecular flexibility index (Phi) is 4.14. The number of carbonyl (C=O) groups excluding carboxylic acids is 1. The van der Waals surface area contributed by atoms with Crippen LogP contribution in [-0.4, -0.2) is 25.7 Å². The number of hydrogen-bond acceptors (Lipinski definition) is 3. The topological polar surface area (TPSA) is 47.6 Å². The van der Waals surface area contributed by atoms with Gasteiger partial charge in [-0.2, -0.15) is 0 Å². The van der Waals surface area contributed by atoms with E-state index in [2.05, 4.69) is 5.32 Å². The zero-order chi connectivity index (χ0) is 16.4. The lowest BCUT2D eigenvalue weighted by molar-refractivity contribution is 0.0933. The van der Waals surface area contributed by atoms with Crippen molar-refractivity contribution in [2.24, 2.45) is 0 Å². The van der Waals surface area contributed by atoms with Crippen molar-refractivity contribution in [3.05, 3.63) is 59.2 Å². The number of fused-ring (bicyclic) bond motifs is 1. The Hall–Kier alpha value is -2.63. The molecule has 1 atom stereocenters. The maximum atomic E-state index is 13.6. The summed E-state index contributed by atoms with van der Waals surface area (Å²) in [5, 5.41) is 2.73. The van der Waals surface area contributed by atoms with Crippen LogP contribution in [0.2, 0.25) is 0 Å². The molecule has 2 aromatic rings. The minimum absolute atomic E-state index is 0.0649. The second kappa shape index (κ2) is 6.24. The Morgan fingerprint density at radius 3 is 2.74 bits per heavy atom. The largest absolute Gasteiger partial charge is 0.497 e. The molecule has 120 valence electrons. The van der Waals surface area contributed by atoms with Crippen LogP contribution in [0, 0.1) is 11.6 Å². The summed E-state index contributed by atoms with van der Waals surface area (Å²) in [5.74, 6) is -0.890. The van der Waals surface area contributed by atoms with Crippen LogP contribution in [-0.2, 0) is 6.42 Å². The van der Waals surface area contributed by atoms with Gasteiger partial charge in [-0.3, -0.25) is 4.79 Å². The van der Waals surface area contributed by atoms with Gasteiger partial charge in [-0.15, -0.1) is 0 Å². The normalized spacial score (nSPS) is 15.7. The summed E-state index contributed by atoms with van der Waals surface area (Å²) in [6, 6.07) is 8.71. The number of halogens is 2. The van der Waals surface area contributed by atoms with Gasteiger partial charge in [-0.1, -0.05) is 0 Å². The van der Waals surface area contributed by atoms with Crippen molar-refractivity contribution >= 4 is 5.91 Å². The standard InChI is InChI=1S/C17H15F2NO3/c1-22-13-4-2-10(3-5-13)17(21)20-9-14-7-11-6-12(18)8-15(19)16(11)23-14/h2-6,8,14H,7,9H2,1H3,(H,20,21). The van der Waals surface area contributed by atoms with Crippen LogP contribution in [0.1, 0.15) is 15.9 Å². The van der Waals surface area contributed by atoms with Crippen LogP contribution in [0.25, 0.3) is 0 Å². The predicted octanol–water partition coefficient (Wildman–Crippen LogP) is 2.71. The lowest BCUT2D eigenvalue weighted by Gasteiger charge is -2.12. The third-order valence-corrected chi connectivity index (χ3v) is 3.66. The van der Waals surface area contributed by atoms with Crippen LogP contribution in [0.15, 0.2) is 36.4 Å². The second-order valence-electron chi connectivity index (χ2n) is 5.26. The molecule has 0 saturated carbocycles. The van der Waals surface area contributed by atoms with Gasteiger partial charge in [0.1, 0.15) is 17.7 Å². The van der Waals surface area contributed by atoms with E-state index in [0.29, 0.717) is 23.3 Å². The van der Waals surface area contributed by atoms with Crippen molar-refractivity contribution in [1.29, 1.82) is 0 Å². The van der Waals surface area contributed by atoms with Crippen LogP contribution >= 0.6 is 0 Å². The fraction of sp³-hybridized carbons (Fsp3) is 0.235. The number of rotatable bonds is 4. The number of hydrogen-bond donors (Lipinski definition) is 1. The first-order valence-corrected chi connectivity index (χ1v) is 7.13. The molecule has 0 aliphatic carbocycles. The molecule has 1 N–H and O–H groups in total. The first kappa shape index (κ1) is 15.3.